The highest BCUT2D eigenvalue weighted by Gasteiger charge is 2.27. The molecule has 0 aliphatic rings. The molecule has 0 rings (SSSR count). The van der Waals surface area contributed by atoms with E-state index in [0.29, 0.717) is 6.61 Å². The first-order valence-electron chi connectivity index (χ1n) is 4.86. The van der Waals surface area contributed by atoms with Crippen LogP contribution in [0, 0.1) is 0 Å². The van der Waals surface area contributed by atoms with Gasteiger partial charge in [-0.25, -0.2) is 5.84 Å². The van der Waals surface area contributed by atoms with Gasteiger partial charge in [-0.05, 0) is 18.7 Å². The Morgan fingerprint density at radius 3 is 2.65 bits per heavy atom. The zero-order valence-electron chi connectivity index (χ0n) is 9.67. The van der Waals surface area contributed by atoms with Gasteiger partial charge in [-0.1, -0.05) is 0 Å². The highest BCUT2D eigenvalue weighted by Crippen LogP contribution is 2.29. The lowest BCUT2D eigenvalue weighted by Crippen LogP contribution is -2.47. The minimum absolute atomic E-state index is 0.0242. The van der Waals surface area contributed by atoms with E-state index in [1.165, 1.54) is 0 Å². The zero-order valence-corrected chi connectivity index (χ0v) is 10.5. The van der Waals surface area contributed by atoms with Crippen LogP contribution in [0.2, 0.25) is 0 Å². The molecule has 5 nitrogen and oxygen atoms in total. The summed E-state index contributed by atoms with van der Waals surface area (Å²) in [5, 5.41) is 2.86. The van der Waals surface area contributed by atoms with Gasteiger partial charge < -0.3 is 10.1 Å². The summed E-state index contributed by atoms with van der Waals surface area (Å²) in [5.41, 5.74) is -1.94. The normalized spacial score (nSPS) is 14.6. The van der Waals surface area contributed by atoms with Crippen LogP contribution in [0.25, 0.3) is 0 Å². The highest BCUT2D eigenvalue weighted by atomic mass is 32.2. The summed E-state index contributed by atoms with van der Waals surface area (Å²) < 4.78 is 40.3. The van der Waals surface area contributed by atoms with E-state index in [9.17, 15) is 13.2 Å². The third-order valence-corrected chi connectivity index (χ3v) is 2.28. The Balaban J connectivity index is 3.92. The van der Waals surface area contributed by atoms with Crippen LogP contribution in [-0.4, -0.2) is 43.5 Å². The predicted molar refractivity (Wildman–Crippen MR) is 62.6 cm³/mol. The topological polar surface area (TPSA) is 71.7 Å². The number of nitrogens with one attached hydrogen (secondary N) is 2. The number of ether oxygens (including phenoxy) is 1. The van der Waals surface area contributed by atoms with Crippen molar-refractivity contribution in [3.63, 3.8) is 0 Å². The number of halogens is 3. The molecule has 102 valence electrons. The Kier molecular flexibility index (Phi) is 8.09. The standard InChI is InChI=1S/C8H17F3N4OS/c1-6(5-16-2)14-7(15-12)13-3-4-17-8(9,10)11/h6H,3-5,12H2,1-2H3,(H2,13,14,15). The lowest BCUT2D eigenvalue weighted by Gasteiger charge is -2.15. The number of aliphatic imine (C=N–C) groups is 1. The zero-order chi connectivity index (χ0) is 13.3. The van der Waals surface area contributed by atoms with E-state index >= 15 is 0 Å². The molecular formula is C8H17F3N4OS. The molecule has 17 heavy (non-hydrogen) atoms. The van der Waals surface area contributed by atoms with Crippen molar-refractivity contribution < 1.29 is 17.9 Å². The lowest BCUT2D eigenvalue weighted by atomic mass is 10.4. The van der Waals surface area contributed by atoms with Gasteiger partial charge in [-0.3, -0.25) is 10.4 Å². The van der Waals surface area contributed by atoms with Gasteiger partial charge in [0.2, 0.25) is 5.96 Å². The first-order chi connectivity index (χ1) is 7.89. The van der Waals surface area contributed by atoms with Crippen molar-refractivity contribution in [2.75, 3.05) is 26.0 Å². The van der Waals surface area contributed by atoms with Crippen LogP contribution >= 0.6 is 11.8 Å². The second-order valence-corrected chi connectivity index (χ2v) is 4.33. The molecule has 0 aromatic carbocycles. The first-order valence-corrected chi connectivity index (χ1v) is 5.85. The number of nitrogens with zero attached hydrogens (tertiary/aromatic N) is 1. The summed E-state index contributed by atoms with van der Waals surface area (Å²) in [7, 11) is 1.55. The molecule has 0 heterocycles. The number of thioether (sulfide) groups is 1. The Morgan fingerprint density at radius 1 is 1.53 bits per heavy atom. The molecule has 0 radical (unpaired) electrons. The minimum Gasteiger partial charge on any atom is -0.383 e. The summed E-state index contributed by atoms with van der Waals surface area (Å²) >= 11 is -0.113. The van der Waals surface area contributed by atoms with Crippen molar-refractivity contribution in [1.29, 1.82) is 0 Å². The van der Waals surface area contributed by atoms with Crippen molar-refractivity contribution in [1.82, 2.24) is 10.7 Å². The van der Waals surface area contributed by atoms with Crippen LogP contribution in [0.1, 0.15) is 6.92 Å². The van der Waals surface area contributed by atoms with Crippen molar-refractivity contribution in [3.8, 4) is 0 Å². The molecule has 0 aromatic heterocycles. The summed E-state index contributed by atoms with van der Waals surface area (Å²) in [6.07, 6.45) is 0. The summed E-state index contributed by atoms with van der Waals surface area (Å²) in [6, 6.07) is -0.0370. The van der Waals surface area contributed by atoms with E-state index in [2.05, 4.69) is 15.7 Å². The van der Waals surface area contributed by atoms with Crippen LogP contribution < -0.4 is 16.6 Å². The second-order valence-electron chi connectivity index (χ2n) is 3.17. The van der Waals surface area contributed by atoms with Crippen molar-refractivity contribution >= 4 is 17.7 Å². The smallest absolute Gasteiger partial charge is 0.383 e. The van der Waals surface area contributed by atoms with Crippen LogP contribution in [0.15, 0.2) is 4.99 Å². The Morgan fingerprint density at radius 2 is 2.18 bits per heavy atom. The number of hydrogen-bond acceptors (Lipinski definition) is 4. The average Bonchev–Trinajstić information content (AvgIpc) is 2.21. The number of alkyl halides is 3. The van der Waals surface area contributed by atoms with E-state index in [1.54, 1.807) is 7.11 Å². The molecule has 0 saturated heterocycles. The van der Waals surface area contributed by atoms with Gasteiger partial charge in [0.15, 0.2) is 0 Å². The monoisotopic (exact) mass is 274 g/mol. The van der Waals surface area contributed by atoms with Gasteiger partial charge in [0, 0.05) is 18.9 Å². The van der Waals surface area contributed by atoms with Gasteiger partial charge in [0.1, 0.15) is 0 Å². The second kappa shape index (κ2) is 8.43. The lowest BCUT2D eigenvalue weighted by molar-refractivity contribution is -0.0327. The molecule has 1 unspecified atom stereocenters. The average molecular weight is 274 g/mol. The van der Waals surface area contributed by atoms with E-state index < -0.39 is 5.51 Å². The molecule has 9 heteroatoms. The first kappa shape index (κ1) is 16.3. The molecule has 0 spiro atoms. The summed E-state index contributed by atoms with van der Waals surface area (Å²) in [4.78, 5) is 3.86. The molecular weight excluding hydrogens is 257 g/mol. The van der Waals surface area contributed by atoms with Crippen LogP contribution in [0.4, 0.5) is 13.2 Å². The molecule has 0 fully saturated rings. The van der Waals surface area contributed by atoms with Gasteiger partial charge in [0.25, 0.3) is 0 Å². The Bertz CT molecular complexity index is 237. The quantitative estimate of drug-likeness (QED) is 0.218. The summed E-state index contributed by atoms with van der Waals surface area (Å²) in [6.45, 7) is 2.30. The fourth-order valence-electron chi connectivity index (χ4n) is 0.977. The third kappa shape index (κ3) is 10.2. The number of rotatable bonds is 6. The van der Waals surface area contributed by atoms with Crippen LogP contribution in [0.5, 0.6) is 0 Å². The fraction of sp³-hybridized carbons (Fsp3) is 0.875. The molecule has 1 atom stereocenters. The third-order valence-electron chi connectivity index (χ3n) is 1.56. The maximum atomic E-state index is 11.8. The number of nitrogens with two attached hydrogens (primary N) is 1. The molecule has 0 saturated carbocycles. The maximum absolute atomic E-state index is 11.8. The van der Waals surface area contributed by atoms with E-state index in [-0.39, 0.29) is 36.1 Å². The Labute approximate surface area is 102 Å². The van der Waals surface area contributed by atoms with Gasteiger partial charge in [0.05, 0.1) is 13.2 Å². The van der Waals surface area contributed by atoms with Crippen LogP contribution in [-0.2, 0) is 4.74 Å². The van der Waals surface area contributed by atoms with Gasteiger partial charge in [-0.2, -0.15) is 13.2 Å². The van der Waals surface area contributed by atoms with Crippen molar-refractivity contribution in [2.45, 2.75) is 18.5 Å². The largest absolute Gasteiger partial charge is 0.441 e. The molecule has 0 aromatic rings. The Hall–Kier alpha value is -0.670. The molecule has 0 aliphatic heterocycles. The number of guanidine groups is 1. The minimum atomic E-state index is -4.22. The van der Waals surface area contributed by atoms with Crippen molar-refractivity contribution in [2.24, 2.45) is 10.8 Å². The van der Waals surface area contributed by atoms with Crippen LogP contribution in [0.3, 0.4) is 0 Å². The molecule has 4 N–H and O–H groups in total. The number of methoxy groups -OCH3 is 1. The highest BCUT2D eigenvalue weighted by molar-refractivity contribution is 8.00. The number of hydrogen-bond donors (Lipinski definition) is 3. The fourth-order valence-corrected chi connectivity index (χ4v) is 1.39. The van der Waals surface area contributed by atoms with E-state index in [4.69, 9.17) is 10.6 Å². The summed E-state index contributed by atoms with van der Waals surface area (Å²) in [5.74, 6) is 5.28. The van der Waals surface area contributed by atoms with E-state index in [0.717, 1.165) is 0 Å². The molecule has 0 bridgehead atoms. The molecule has 0 aliphatic carbocycles. The maximum Gasteiger partial charge on any atom is 0.441 e. The van der Waals surface area contributed by atoms with E-state index in [1.807, 2.05) is 6.92 Å². The van der Waals surface area contributed by atoms with Gasteiger partial charge >= 0.3 is 5.51 Å². The van der Waals surface area contributed by atoms with Crippen molar-refractivity contribution in [3.05, 3.63) is 0 Å². The SMILES string of the molecule is COCC(C)NC(=NCCSC(F)(F)F)NN. The molecule has 0 amide bonds. The van der Waals surface area contributed by atoms with Gasteiger partial charge in [-0.15, -0.1) is 0 Å². The number of hydrazine groups is 1. The predicted octanol–water partition coefficient (Wildman–Crippen LogP) is 0.683.